The molecule has 18 atom stereocenters. The summed E-state index contributed by atoms with van der Waals surface area (Å²) in [4.78, 5) is 0. The second-order valence-electron chi connectivity index (χ2n) is 25.8. The van der Waals surface area contributed by atoms with Crippen molar-refractivity contribution in [2.75, 3.05) is 0 Å². The Morgan fingerprint density at radius 2 is 0.915 bits per heavy atom. The van der Waals surface area contributed by atoms with Gasteiger partial charge in [0.1, 0.15) is 0 Å². The van der Waals surface area contributed by atoms with Gasteiger partial charge in [0.2, 0.25) is 0 Å². The van der Waals surface area contributed by atoms with Crippen LogP contribution in [0, 0.1) is 105 Å². The van der Waals surface area contributed by atoms with E-state index >= 15 is 0 Å². The van der Waals surface area contributed by atoms with Crippen LogP contribution in [0.1, 0.15) is 224 Å². The van der Waals surface area contributed by atoms with E-state index in [1.54, 1.807) is 0 Å². The first-order valence-corrected chi connectivity index (χ1v) is 27.1. The second kappa shape index (κ2) is 17.4. The van der Waals surface area contributed by atoms with Gasteiger partial charge in [-0.1, -0.05) is 132 Å². The minimum absolute atomic E-state index is 0.421. The smallest absolute Gasteiger partial charge is 0.0616 e. The van der Waals surface area contributed by atoms with Crippen molar-refractivity contribution in [3.05, 3.63) is 23.3 Å². The molecule has 0 spiro atoms. The van der Waals surface area contributed by atoms with E-state index in [-0.39, 0.29) is 0 Å². The highest BCUT2D eigenvalue weighted by atomic mass is 16.5. The van der Waals surface area contributed by atoms with Gasteiger partial charge in [0, 0.05) is 0 Å². The van der Waals surface area contributed by atoms with Crippen LogP contribution in [0.15, 0.2) is 23.3 Å². The zero-order valence-corrected chi connectivity index (χ0v) is 41.4. The van der Waals surface area contributed by atoms with E-state index in [1.165, 1.54) is 141 Å². The van der Waals surface area contributed by atoms with Crippen LogP contribution >= 0.6 is 0 Å². The summed E-state index contributed by atoms with van der Waals surface area (Å²) in [6.07, 6.45) is 37.5. The largest absolute Gasteiger partial charge is 0.374 e. The molecule has 1 heteroatoms. The monoisotopic (exact) mass is 811 g/mol. The molecular formula is C58H98O. The van der Waals surface area contributed by atoms with E-state index in [4.69, 9.17) is 4.74 Å². The van der Waals surface area contributed by atoms with Crippen LogP contribution in [0.3, 0.4) is 0 Å². The molecule has 336 valence electrons. The molecular weight excluding hydrogens is 713 g/mol. The third kappa shape index (κ3) is 7.91. The molecule has 0 saturated heterocycles. The van der Waals surface area contributed by atoms with Crippen LogP contribution in [-0.4, -0.2) is 12.2 Å². The van der Waals surface area contributed by atoms with Gasteiger partial charge < -0.3 is 4.74 Å². The summed E-state index contributed by atoms with van der Waals surface area (Å²) in [5.41, 5.74) is 5.63. The number of hydrogen-bond acceptors (Lipinski definition) is 1. The molecule has 8 rings (SSSR count). The van der Waals surface area contributed by atoms with Gasteiger partial charge in [-0.25, -0.2) is 0 Å². The lowest BCUT2D eigenvalue weighted by Crippen LogP contribution is -2.52. The Balaban J connectivity index is 0.865. The van der Waals surface area contributed by atoms with E-state index in [0.717, 1.165) is 82.9 Å². The van der Waals surface area contributed by atoms with E-state index in [2.05, 4.69) is 95.2 Å². The molecule has 59 heavy (non-hydrogen) atoms. The standard InChI is InChI=1S/C58H98O/c1-13-41(37(3)4)17-15-39(7)49-23-25-51-47-21-19-43-35-45(27-31-55(43,9)53(47)29-33-57(49,51)11)59-46-28-32-56(10)44(36-46)20-22-48-52-26-24-50(58(52,12)34-30-54(48)56)40(8)16-18-42(14-2)38(5)6/h19-20,37-42,45-54H,13-18,21-36H2,1-12H3/t39-,40-,41-,42-,45+,46+,47?,48?,49-,50-,51?,52?,53?,54?,55+,56+,57-,58-/m1/s1. The van der Waals surface area contributed by atoms with Crippen LogP contribution in [0.2, 0.25) is 0 Å². The summed E-state index contributed by atoms with van der Waals surface area (Å²) in [5, 5.41) is 0. The maximum Gasteiger partial charge on any atom is 0.0616 e. The average molecular weight is 811 g/mol. The van der Waals surface area contributed by atoms with Gasteiger partial charge in [-0.3, -0.25) is 0 Å². The fourth-order valence-electron chi connectivity index (χ4n) is 19.1. The molecule has 0 radical (unpaired) electrons. The van der Waals surface area contributed by atoms with Crippen LogP contribution in [-0.2, 0) is 4.74 Å². The van der Waals surface area contributed by atoms with E-state index in [9.17, 15) is 0 Å². The first-order chi connectivity index (χ1) is 28.1. The normalized spacial score (nSPS) is 46.2. The Morgan fingerprint density at radius 3 is 1.29 bits per heavy atom. The highest BCUT2D eigenvalue weighted by molar-refractivity contribution is 5.27. The lowest BCUT2D eigenvalue weighted by atomic mass is 9.46. The summed E-state index contributed by atoms with van der Waals surface area (Å²) in [6, 6.07) is 0. The van der Waals surface area contributed by atoms with Crippen LogP contribution in [0.4, 0.5) is 0 Å². The van der Waals surface area contributed by atoms with Crippen LogP contribution < -0.4 is 0 Å². The van der Waals surface area contributed by atoms with E-state index < -0.39 is 0 Å². The van der Waals surface area contributed by atoms with Gasteiger partial charge >= 0.3 is 0 Å². The van der Waals surface area contributed by atoms with Gasteiger partial charge in [0.15, 0.2) is 0 Å². The molecule has 0 aromatic heterocycles. The zero-order chi connectivity index (χ0) is 42.1. The summed E-state index contributed by atoms with van der Waals surface area (Å²) >= 11 is 0. The van der Waals surface area contributed by atoms with E-state index in [1.807, 2.05) is 11.1 Å². The third-order valence-corrected chi connectivity index (χ3v) is 22.9. The van der Waals surface area contributed by atoms with E-state index in [0.29, 0.717) is 33.9 Å². The Bertz CT molecular complexity index is 1390. The Labute approximate surface area is 367 Å². The molecule has 0 heterocycles. The Kier molecular flexibility index (Phi) is 13.3. The number of fused-ring (bicyclic) bond motifs is 10. The fraction of sp³-hybridized carbons (Fsp3) is 0.931. The molecule has 1 nitrogen and oxygen atoms in total. The molecule has 0 N–H and O–H groups in total. The topological polar surface area (TPSA) is 9.23 Å². The molecule has 6 unspecified atom stereocenters. The van der Waals surface area contributed by atoms with Crippen molar-refractivity contribution in [3.63, 3.8) is 0 Å². The number of hydrogen-bond donors (Lipinski definition) is 0. The van der Waals surface area contributed by atoms with Gasteiger partial charge in [0.05, 0.1) is 12.2 Å². The molecule has 0 aliphatic heterocycles. The lowest BCUT2D eigenvalue weighted by Gasteiger charge is -2.59. The molecule has 0 bridgehead atoms. The molecule has 6 saturated carbocycles. The summed E-state index contributed by atoms with van der Waals surface area (Å²) in [6.45, 7) is 31.0. The highest BCUT2D eigenvalue weighted by Gasteiger charge is 2.61. The van der Waals surface area contributed by atoms with Crippen molar-refractivity contribution in [1.82, 2.24) is 0 Å². The highest BCUT2D eigenvalue weighted by Crippen LogP contribution is 2.69. The summed E-state index contributed by atoms with van der Waals surface area (Å²) < 4.78 is 7.29. The number of rotatable bonds is 14. The Morgan fingerprint density at radius 1 is 0.508 bits per heavy atom. The van der Waals surface area contributed by atoms with Gasteiger partial charge in [-0.15, -0.1) is 0 Å². The number of ether oxygens (including phenoxy) is 1. The van der Waals surface area contributed by atoms with Crippen molar-refractivity contribution in [3.8, 4) is 0 Å². The molecule has 0 aromatic carbocycles. The first kappa shape index (κ1) is 45.0. The minimum Gasteiger partial charge on any atom is -0.374 e. The molecule has 0 amide bonds. The van der Waals surface area contributed by atoms with Crippen molar-refractivity contribution >= 4 is 0 Å². The maximum atomic E-state index is 7.29. The Hall–Kier alpha value is -0.560. The predicted molar refractivity (Wildman–Crippen MR) is 253 cm³/mol. The molecule has 0 aromatic rings. The van der Waals surface area contributed by atoms with Gasteiger partial charge in [0.25, 0.3) is 0 Å². The predicted octanol–water partition coefficient (Wildman–Crippen LogP) is 17.1. The van der Waals surface area contributed by atoms with Crippen LogP contribution in [0.5, 0.6) is 0 Å². The first-order valence-electron chi connectivity index (χ1n) is 27.1. The SMILES string of the molecule is CC[C@H](CC[C@@H](C)[C@H]1CCC2C3CC=C4C[C@@H](O[C@H]5CC[C@@]6(C)C(=CCC7C6CC[C@@]6(C)C7CC[C@@H]6[C@H](C)CC[C@@H](CC)C(C)C)C5)CC[C@]4(C)C3CC[C@@]21C)C(C)C. The number of allylic oxidation sites excluding steroid dienone is 2. The molecule has 6 fully saturated rings. The fourth-order valence-corrected chi connectivity index (χ4v) is 19.1. The second-order valence-corrected chi connectivity index (χ2v) is 25.8. The van der Waals surface area contributed by atoms with Crippen molar-refractivity contribution in [1.29, 1.82) is 0 Å². The molecule has 8 aliphatic carbocycles. The lowest BCUT2D eigenvalue weighted by molar-refractivity contribution is -0.0928. The third-order valence-electron chi connectivity index (χ3n) is 22.9. The zero-order valence-electron chi connectivity index (χ0n) is 41.4. The van der Waals surface area contributed by atoms with Crippen LogP contribution in [0.25, 0.3) is 0 Å². The summed E-state index contributed by atoms with van der Waals surface area (Å²) in [5.74, 6) is 12.7. The average Bonchev–Trinajstić information content (AvgIpc) is 3.75. The quantitative estimate of drug-likeness (QED) is 0.159. The minimum atomic E-state index is 0.421. The van der Waals surface area contributed by atoms with Gasteiger partial charge in [-0.2, -0.15) is 0 Å². The maximum absolute atomic E-state index is 7.29. The van der Waals surface area contributed by atoms with Gasteiger partial charge in [-0.05, 0) is 220 Å². The summed E-state index contributed by atoms with van der Waals surface area (Å²) in [7, 11) is 0. The van der Waals surface area contributed by atoms with Crippen molar-refractivity contribution < 1.29 is 4.74 Å². The van der Waals surface area contributed by atoms with Crippen molar-refractivity contribution in [2.45, 2.75) is 237 Å². The van der Waals surface area contributed by atoms with Crippen molar-refractivity contribution in [2.24, 2.45) is 105 Å². The molecule has 8 aliphatic rings.